The lowest BCUT2D eigenvalue weighted by Crippen LogP contribution is -2.45. The molecule has 3 heterocycles. The summed E-state index contributed by atoms with van der Waals surface area (Å²) < 4.78 is 4.24. The van der Waals surface area contributed by atoms with Crippen LogP contribution in [-0.4, -0.2) is 31.3 Å². The van der Waals surface area contributed by atoms with Crippen molar-refractivity contribution in [3.8, 4) is 11.5 Å². The van der Waals surface area contributed by atoms with Crippen molar-refractivity contribution in [2.24, 2.45) is 0 Å². The van der Waals surface area contributed by atoms with Crippen molar-refractivity contribution in [1.29, 1.82) is 0 Å². The minimum atomic E-state index is -0.205. The Balaban J connectivity index is 1.52. The van der Waals surface area contributed by atoms with E-state index in [1.807, 2.05) is 34.7 Å². The van der Waals surface area contributed by atoms with Gasteiger partial charge < -0.3 is 14.8 Å². The zero-order valence-electron chi connectivity index (χ0n) is 21.0. The minimum absolute atomic E-state index is 0.000992. The first kappa shape index (κ1) is 22.7. The highest BCUT2D eigenvalue weighted by atomic mass is 16.2. The number of benzene rings is 2. The van der Waals surface area contributed by atoms with Gasteiger partial charge in [-0.2, -0.15) is 5.10 Å². The van der Waals surface area contributed by atoms with Gasteiger partial charge in [-0.25, -0.2) is 9.48 Å². The normalized spacial score (nSPS) is 17.5. The number of aromatic nitrogens is 3. The number of nitrogens with zero attached hydrogens (tertiary/aromatic N) is 4. The van der Waals surface area contributed by atoms with E-state index in [1.165, 1.54) is 18.4 Å². The number of fused-ring (bicyclic) bond motifs is 3. The van der Waals surface area contributed by atoms with Crippen LogP contribution < -0.4 is 5.32 Å². The van der Waals surface area contributed by atoms with Crippen LogP contribution in [0.1, 0.15) is 66.7 Å². The van der Waals surface area contributed by atoms with Gasteiger partial charge in [-0.3, -0.25) is 0 Å². The molecule has 1 atom stereocenters. The molecule has 4 aromatic rings. The lowest BCUT2D eigenvalue weighted by molar-refractivity contribution is 0.176. The number of hydrogen-bond donors (Lipinski definition) is 1. The lowest BCUT2D eigenvalue weighted by Gasteiger charge is -2.32. The van der Waals surface area contributed by atoms with Crippen molar-refractivity contribution in [3.05, 3.63) is 101 Å². The molecule has 0 spiro atoms. The standard InChI is InChI=1S/C30H33N5O/c1-3-22-15-17-23(18-16-22)28-27-14-9-19-33(27)29-26(20-34(28)30(36)31-24-10-7-8-11-24)21(2)32-35(29)25-12-5-4-6-13-25/h4-6,9,12-19,24,28H,3,7-8,10-11,20H2,1-2H3,(H,31,36)/t28-/m1/s1. The van der Waals surface area contributed by atoms with Crippen LogP contribution in [0.4, 0.5) is 4.79 Å². The number of amides is 2. The zero-order valence-corrected chi connectivity index (χ0v) is 21.0. The van der Waals surface area contributed by atoms with Gasteiger partial charge in [-0.1, -0.05) is 62.2 Å². The summed E-state index contributed by atoms with van der Waals surface area (Å²) in [6, 6.07) is 23.2. The number of hydrogen-bond acceptors (Lipinski definition) is 2. The first-order valence-corrected chi connectivity index (χ1v) is 13.1. The van der Waals surface area contributed by atoms with Gasteiger partial charge in [0.2, 0.25) is 0 Å². The summed E-state index contributed by atoms with van der Waals surface area (Å²) in [6.45, 7) is 4.71. The average Bonchev–Trinajstić information content (AvgIpc) is 3.64. The molecule has 1 aliphatic carbocycles. The van der Waals surface area contributed by atoms with Gasteiger partial charge in [0.1, 0.15) is 5.82 Å². The first-order valence-electron chi connectivity index (χ1n) is 13.1. The molecule has 36 heavy (non-hydrogen) atoms. The van der Waals surface area contributed by atoms with Crippen LogP contribution in [-0.2, 0) is 13.0 Å². The maximum Gasteiger partial charge on any atom is 0.318 e. The molecule has 0 unspecified atom stereocenters. The molecule has 0 saturated heterocycles. The number of rotatable bonds is 4. The summed E-state index contributed by atoms with van der Waals surface area (Å²) in [5, 5.41) is 8.30. The Labute approximate surface area is 212 Å². The van der Waals surface area contributed by atoms with Crippen molar-refractivity contribution in [3.63, 3.8) is 0 Å². The molecule has 1 saturated carbocycles. The molecule has 2 aromatic heterocycles. The molecule has 184 valence electrons. The quantitative estimate of drug-likeness (QED) is 0.385. The van der Waals surface area contributed by atoms with Crippen LogP contribution in [0.25, 0.3) is 11.5 Å². The second-order valence-corrected chi connectivity index (χ2v) is 9.99. The predicted molar refractivity (Wildman–Crippen MR) is 142 cm³/mol. The largest absolute Gasteiger partial charge is 0.335 e. The molecule has 1 N–H and O–H groups in total. The molecule has 2 aromatic carbocycles. The number of carbonyl (C=O) groups is 1. The van der Waals surface area contributed by atoms with E-state index in [9.17, 15) is 4.79 Å². The van der Waals surface area contributed by atoms with E-state index in [1.54, 1.807) is 0 Å². The monoisotopic (exact) mass is 479 g/mol. The second-order valence-electron chi connectivity index (χ2n) is 9.99. The fourth-order valence-electron chi connectivity index (χ4n) is 5.76. The second kappa shape index (κ2) is 9.34. The molecule has 2 amide bonds. The van der Waals surface area contributed by atoms with E-state index in [0.717, 1.165) is 53.3 Å². The maximum absolute atomic E-state index is 13.9. The summed E-state index contributed by atoms with van der Waals surface area (Å²) in [4.78, 5) is 15.9. The van der Waals surface area contributed by atoms with Crippen LogP contribution in [0.5, 0.6) is 0 Å². The molecule has 0 radical (unpaired) electrons. The van der Waals surface area contributed by atoms with Crippen LogP contribution in [0.3, 0.4) is 0 Å². The van der Waals surface area contributed by atoms with Crippen LogP contribution >= 0.6 is 0 Å². The van der Waals surface area contributed by atoms with E-state index in [4.69, 9.17) is 5.10 Å². The number of para-hydroxylation sites is 1. The lowest BCUT2D eigenvalue weighted by atomic mass is 9.99. The van der Waals surface area contributed by atoms with E-state index in [0.29, 0.717) is 6.54 Å². The zero-order chi connectivity index (χ0) is 24.6. The number of nitrogens with one attached hydrogen (secondary N) is 1. The molecular weight excluding hydrogens is 446 g/mol. The predicted octanol–water partition coefficient (Wildman–Crippen LogP) is 6.09. The van der Waals surface area contributed by atoms with Crippen molar-refractivity contribution < 1.29 is 4.79 Å². The van der Waals surface area contributed by atoms with Crippen molar-refractivity contribution in [2.45, 2.75) is 64.6 Å². The highest BCUT2D eigenvalue weighted by Crippen LogP contribution is 2.38. The Morgan fingerprint density at radius 1 is 1.00 bits per heavy atom. The Morgan fingerprint density at radius 3 is 2.47 bits per heavy atom. The third kappa shape index (κ3) is 3.91. The Hall–Kier alpha value is -3.80. The fourth-order valence-corrected chi connectivity index (χ4v) is 5.76. The van der Waals surface area contributed by atoms with Gasteiger partial charge >= 0.3 is 6.03 Å². The summed E-state index contributed by atoms with van der Waals surface area (Å²) in [5.41, 5.74) is 6.50. The Kier molecular flexibility index (Phi) is 5.88. The van der Waals surface area contributed by atoms with Crippen molar-refractivity contribution in [2.75, 3.05) is 0 Å². The van der Waals surface area contributed by atoms with Gasteiger partial charge in [0, 0.05) is 17.8 Å². The first-order chi connectivity index (χ1) is 17.6. The summed E-state index contributed by atoms with van der Waals surface area (Å²) in [7, 11) is 0. The van der Waals surface area contributed by atoms with Crippen molar-refractivity contribution in [1.82, 2.24) is 24.6 Å². The molecule has 1 aliphatic heterocycles. The van der Waals surface area contributed by atoms with Gasteiger partial charge in [-0.05, 0) is 61.6 Å². The van der Waals surface area contributed by atoms with E-state index in [-0.39, 0.29) is 18.1 Å². The Morgan fingerprint density at radius 2 is 1.75 bits per heavy atom. The fraction of sp³-hybridized carbons (Fsp3) is 0.333. The van der Waals surface area contributed by atoms with Crippen molar-refractivity contribution >= 4 is 6.03 Å². The third-order valence-corrected chi connectivity index (χ3v) is 7.73. The number of aryl methyl sites for hydroxylation is 2. The molecule has 6 nitrogen and oxygen atoms in total. The molecule has 2 aliphatic rings. The van der Waals surface area contributed by atoms with E-state index >= 15 is 0 Å². The van der Waals surface area contributed by atoms with Crippen LogP contribution in [0.2, 0.25) is 0 Å². The number of carbonyl (C=O) groups excluding carboxylic acids is 1. The SMILES string of the molecule is CCc1ccc([C@@H]2c3cccn3-c3c(c(C)nn3-c3ccccc3)CN2C(=O)NC2CCCC2)cc1. The molecule has 6 heteroatoms. The van der Waals surface area contributed by atoms with E-state index in [2.05, 4.69) is 71.5 Å². The minimum Gasteiger partial charge on any atom is -0.335 e. The summed E-state index contributed by atoms with van der Waals surface area (Å²) >= 11 is 0. The maximum atomic E-state index is 13.9. The van der Waals surface area contributed by atoms with Gasteiger partial charge in [0.25, 0.3) is 0 Å². The molecule has 0 bridgehead atoms. The van der Waals surface area contributed by atoms with Gasteiger partial charge in [-0.15, -0.1) is 0 Å². The summed E-state index contributed by atoms with van der Waals surface area (Å²) in [5.74, 6) is 1.00. The van der Waals surface area contributed by atoms with Gasteiger partial charge in [0.15, 0.2) is 0 Å². The average molecular weight is 480 g/mol. The van der Waals surface area contributed by atoms with Crippen LogP contribution in [0, 0.1) is 6.92 Å². The van der Waals surface area contributed by atoms with Gasteiger partial charge in [0.05, 0.1) is 29.7 Å². The third-order valence-electron chi connectivity index (χ3n) is 7.73. The molecule has 1 fully saturated rings. The highest BCUT2D eigenvalue weighted by Gasteiger charge is 2.36. The highest BCUT2D eigenvalue weighted by molar-refractivity contribution is 5.76. The molecular formula is C30H33N5O. The van der Waals surface area contributed by atoms with Crippen LogP contribution in [0.15, 0.2) is 72.9 Å². The smallest absolute Gasteiger partial charge is 0.318 e. The topological polar surface area (TPSA) is 55.1 Å². The van der Waals surface area contributed by atoms with E-state index < -0.39 is 0 Å². The Bertz CT molecular complexity index is 1360. The summed E-state index contributed by atoms with van der Waals surface area (Å²) in [6.07, 6.45) is 7.57. The number of urea groups is 1. The molecule has 6 rings (SSSR count).